The summed E-state index contributed by atoms with van der Waals surface area (Å²) in [7, 11) is 0. The van der Waals surface area contributed by atoms with Crippen molar-refractivity contribution in [1.82, 2.24) is 14.8 Å². The molecule has 0 saturated carbocycles. The van der Waals surface area contributed by atoms with E-state index in [1.165, 1.54) is 31.6 Å². The van der Waals surface area contributed by atoms with E-state index in [9.17, 15) is 4.79 Å². The first-order valence-electron chi connectivity index (χ1n) is 10.0. The highest BCUT2D eigenvalue weighted by Gasteiger charge is 2.30. The molecule has 1 unspecified atom stereocenters. The van der Waals surface area contributed by atoms with Crippen LogP contribution >= 0.6 is 11.3 Å². The van der Waals surface area contributed by atoms with Crippen LogP contribution in [0.3, 0.4) is 0 Å². The predicted molar refractivity (Wildman–Crippen MR) is 104 cm³/mol. The van der Waals surface area contributed by atoms with Gasteiger partial charge in [-0.1, -0.05) is 6.92 Å². The molecule has 0 bridgehead atoms. The zero-order chi connectivity index (χ0) is 17.9. The van der Waals surface area contributed by atoms with Crippen LogP contribution in [-0.2, 0) is 16.1 Å². The van der Waals surface area contributed by atoms with E-state index in [0.717, 1.165) is 63.2 Å². The lowest BCUT2D eigenvalue weighted by molar-refractivity contribution is -0.141. The molecule has 1 aromatic heterocycles. The second-order valence-corrected chi connectivity index (χ2v) is 8.73. The number of carbonyl (C=O) groups is 1. The average Bonchev–Trinajstić information content (AvgIpc) is 3.35. The van der Waals surface area contributed by atoms with E-state index in [0.29, 0.717) is 0 Å². The Morgan fingerprint density at radius 3 is 2.65 bits per heavy atom. The third kappa shape index (κ3) is 4.21. The van der Waals surface area contributed by atoms with Crippen LogP contribution in [0.2, 0.25) is 0 Å². The summed E-state index contributed by atoms with van der Waals surface area (Å²) in [6, 6.07) is 0. The second-order valence-electron chi connectivity index (χ2n) is 7.89. The van der Waals surface area contributed by atoms with Gasteiger partial charge < -0.3 is 14.5 Å². The predicted octanol–water partition coefficient (Wildman–Crippen LogP) is 2.20. The number of likely N-dealkylation sites (tertiary alicyclic amines) is 1. The molecule has 3 aliphatic rings. The third-order valence-electron chi connectivity index (χ3n) is 5.87. The quantitative estimate of drug-likeness (QED) is 0.804. The van der Waals surface area contributed by atoms with Crippen molar-refractivity contribution in [2.75, 3.05) is 50.8 Å². The molecule has 3 saturated heterocycles. The molecular formula is C19H30N4O2S. The van der Waals surface area contributed by atoms with Crippen LogP contribution in [0.25, 0.3) is 0 Å². The van der Waals surface area contributed by atoms with Crippen LogP contribution in [0.15, 0.2) is 5.38 Å². The summed E-state index contributed by atoms with van der Waals surface area (Å²) in [5.74, 6) is 1.05. The van der Waals surface area contributed by atoms with E-state index in [4.69, 9.17) is 9.72 Å². The Morgan fingerprint density at radius 2 is 1.96 bits per heavy atom. The van der Waals surface area contributed by atoms with Gasteiger partial charge in [-0.15, -0.1) is 11.3 Å². The van der Waals surface area contributed by atoms with E-state index in [-0.39, 0.29) is 12.0 Å². The molecule has 1 aromatic rings. The van der Waals surface area contributed by atoms with Gasteiger partial charge in [0.1, 0.15) is 6.10 Å². The van der Waals surface area contributed by atoms with Crippen LogP contribution in [-0.4, -0.2) is 72.7 Å². The maximum Gasteiger partial charge on any atom is 0.251 e. The lowest BCUT2D eigenvalue weighted by Crippen LogP contribution is -2.51. The first-order valence-corrected chi connectivity index (χ1v) is 10.9. The molecule has 6 nitrogen and oxygen atoms in total. The molecule has 7 heteroatoms. The van der Waals surface area contributed by atoms with Gasteiger partial charge >= 0.3 is 0 Å². The number of carbonyl (C=O) groups excluding carboxylic acids is 1. The number of piperidine rings is 1. The summed E-state index contributed by atoms with van der Waals surface area (Å²) in [6.45, 7) is 9.72. The number of nitrogens with zero attached hydrogens (tertiary/aromatic N) is 4. The van der Waals surface area contributed by atoms with Crippen molar-refractivity contribution in [3.8, 4) is 0 Å². The van der Waals surface area contributed by atoms with Gasteiger partial charge in [-0.3, -0.25) is 9.69 Å². The molecule has 0 N–H and O–H groups in total. The van der Waals surface area contributed by atoms with E-state index in [1.807, 2.05) is 4.90 Å². The minimum Gasteiger partial charge on any atom is -0.368 e. The van der Waals surface area contributed by atoms with Crippen LogP contribution in [0.4, 0.5) is 5.13 Å². The van der Waals surface area contributed by atoms with Crippen molar-refractivity contribution < 1.29 is 9.53 Å². The third-order valence-corrected chi connectivity index (χ3v) is 6.82. The fourth-order valence-electron chi connectivity index (χ4n) is 4.06. The Labute approximate surface area is 160 Å². The Morgan fingerprint density at radius 1 is 1.19 bits per heavy atom. The summed E-state index contributed by atoms with van der Waals surface area (Å²) in [4.78, 5) is 24.1. The molecule has 0 aromatic carbocycles. The van der Waals surface area contributed by atoms with Gasteiger partial charge in [-0.25, -0.2) is 4.98 Å². The van der Waals surface area contributed by atoms with Gasteiger partial charge in [0.15, 0.2) is 5.13 Å². The van der Waals surface area contributed by atoms with Gasteiger partial charge in [0.05, 0.1) is 5.69 Å². The molecule has 4 heterocycles. The summed E-state index contributed by atoms with van der Waals surface area (Å²) < 4.78 is 5.54. The molecule has 144 valence electrons. The molecule has 1 atom stereocenters. The lowest BCUT2D eigenvalue weighted by Gasteiger charge is -2.35. The number of aromatic nitrogens is 1. The van der Waals surface area contributed by atoms with E-state index in [1.54, 1.807) is 11.3 Å². The molecule has 3 aliphatic heterocycles. The monoisotopic (exact) mass is 378 g/mol. The topological polar surface area (TPSA) is 48.9 Å². The van der Waals surface area contributed by atoms with Gasteiger partial charge in [0.2, 0.25) is 0 Å². The zero-order valence-electron chi connectivity index (χ0n) is 15.7. The Kier molecular flexibility index (Phi) is 5.76. The number of hydrogen-bond acceptors (Lipinski definition) is 6. The maximum atomic E-state index is 12.5. The van der Waals surface area contributed by atoms with E-state index >= 15 is 0 Å². The number of piperazine rings is 1. The second kappa shape index (κ2) is 8.23. The highest BCUT2D eigenvalue weighted by atomic mass is 32.1. The summed E-state index contributed by atoms with van der Waals surface area (Å²) >= 11 is 1.74. The highest BCUT2D eigenvalue weighted by Crippen LogP contribution is 2.25. The minimum absolute atomic E-state index is 0.182. The highest BCUT2D eigenvalue weighted by molar-refractivity contribution is 7.13. The van der Waals surface area contributed by atoms with Crippen LogP contribution in [0.1, 0.15) is 38.3 Å². The van der Waals surface area contributed by atoms with Crippen molar-refractivity contribution in [2.24, 2.45) is 5.92 Å². The van der Waals surface area contributed by atoms with E-state index < -0.39 is 0 Å². The number of rotatable bonds is 4. The molecule has 0 aliphatic carbocycles. The molecule has 4 rings (SSSR count). The SMILES string of the molecule is CC1CCN(Cc2csc(N3CCN(C(=O)C4CCCO4)CC3)n2)CC1. The van der Waals surface area contributed by atoms with Crippen LogP contribution < -0.4 is 4.90 Å². The first kappa shape index (κ1) is 18.2. The normalized spacial score (nSPS) is 25.8. The summed E-state index contributed by atoms with van der Waals surface area (Å²) in [5.41, 5.74) is 1.19. The van der Waals surface area contributed by atoms with Crippen molar-refractivity contribution >= 4 is 22.4 Å². The fourth-order valence-corrected chi connectivity index (χ4v) is 4.93. The number of anilines is 1. The number of thiazole rings is 1. The van der Waals surface area contributed by atoms with Crippen LogP contribution in [0, 0.1) is 5.92 Å². The van der Waals surface area contributed by atoms with Crippen LogP contribution in [0.5, 0.6) is 0 Å². The van der Waals surface area contributed by atoms with Crippen molar-refractivity contribution in [2.45, 2.75) is 45.3 Å². The number of ether oxygens (including phenoxy) is 1. The Bertz CT molecular complexity index is 600. The standard InChI is InChI=1S/C19H30N4O2S/c1-15-4-6-21(7-5-15)13-16-14-26-19(20-16)23-10-8-22(9-11-23)18(24)17-3-2-12-25-17/h14-15,17H,2-13H2,1H3. The zero-order valence-corrected chi connectivity index (χ0v) is 16.5. The lowest BCUT2D eigenvalue weighted by atomic mass is 9.99. The molecule has 0 spiro atoms. The van der Waals surface area contributed by atoms with Gasteiger partial charge in [0.25, 0.3) is 5.91 Å². The average molecular weight is 379 g/mol. The molecule has 26 heavy (non-hydrogen) atoms. The molecule has 0 radical (unpaired) electrons. The maximum absolute atomic E-state index is 12.5. The van der Waals surface area contributed by atoms with Crippen molar-refractivity contribution in [3.05, 3.63) is 11.1 Å². The smallest absolute Gasteiger partial charge is 0.251 e. The molecule has 1 amide bonds. The molecular weight excluding hydrogens is 348 g/mol. The Balaban J connectivity index is 1.27. The Hall–Kier alpha value is -1.18. The van der Waals surface area contributed by atoms with Gasteiger partial charge in [0, 0.05) is 44.7 Å². The fraction of sp³-hybridized carbons (Fsp3) is 0.789. The largest absolute Gasteiger partial charge is 0.368 e. The van der Waals surface area contributed by atoms with Crippen molar-refractivity contribution in [1.29, 1.82) is 0 Å². The van der Waals surface area contributed by atoms with Gasteiger partial charge in [-0.2, -0.15) is 0 Å². The van der Waals surface area contributed by atoms with E-state index in [2.05, 4.69) is 22.1 Å². The number of amides is 1. The van der Waals surface area contributed by atoms with Gasteiger partial charge in [-0.05, 0) is 44.7 Å². The number of hydrogen-bond donors (Lipinski definition) is 0. The summed E-state index contributed by atoms with van der Waals surface area (Å²) in [6.07, 6.45) is 4.30. The molecule has 3 fully saturated rings. The summed E-state index contributed by atoms with van der Waals surface area (Å²) in [5, 5.41) is 3.31. The first-order chi connectivity index (χ1) is 12.7. The minimum atomic E-state index is -0.194. The van der Waals surface area contributed by atoms with Crippen molar-refractivity contribution in [3.63, 3.8) is 0 Å².